The SMILES string of the molecule is CCCCCCCCC(CC)CCCCCCCN(CCCNc1c(NC)c(=O)c1=O)CCCOCCCC=O. The fourth-order valence-corrected chi connectivity index (χ4v) is 5.48. The quantitative estimate of drug-likeness (QED) is 0.0596. The van der Waals surface area contributed by atoms with Gasteiger partial charge in [-0.3, -0.25) is 9.59 Å². The molecule has 0 amide bonds. The fourth-order valence-electron chi connectivity index (χ4n) is 5.48. The number of rotatable bonds is 30. The Morgan fingerprint density at radius 1 is 0.725 bits per heavy atom. The van der Waals surface area contributed by atoms with Crippen LogP contribution in [0.15, 0.2) is 9.59 Å². The van der Waals surface area contributed by atoms with Gasteiger partial charge in [-0.1, -0.05) is 97.3 Å². The first-order valence-electron chi connectivity index (χ1n) is 16.6. The monoisotopic (exact) mass is 563 g/mol. The third-order valence-corrected chi connectivity index (χ3v) is 8.12. The molecule has 0 spiro atoms. The molecule has 1 aromatic carbocycles. The van der Waals surface area contributed by atoms with E-state index >= 15 is 0 Å². The van der Waals surface area contributed by atoms with Gasteiger partial charge in [-0.25, -0.2) is 0 Å². The minimum Gasteiger partial charge on any atom is -0.383 e. The van der Waals surface area contributed by atoms with Crippen molar-refractivity contribution < 1.29 is 9.53 Å². The van der Waals surface area contributed by atoms with E-state index in [9.17, 15) is 14.4 Å². The van der Waals surface area contributed by atoms with Crippen molar-refractivity contribution in [2.24, 2.45) is 5.92 Å². The standard InChI is InChI=1S/C33H61N3O4/c1-4-6-7-8-10-13-20-29(5-2)21-14-11-9-12-15-23-36(25-19-28-40-27-17-16-26-37)24-18-22-35-31-30(34-3)32(38)33(31)39/h26,29,34-35H,4-25,27-28H2,1-3H3. The van der Waals surface area contributed by atoms with Crippen LogP contribution in [0.1, 0.15) is 129 Å². The number of nitrogens with zero attached hydrogens (tertiary/aromatic N) is 1. The second-order valence-corrected chi connectivity index (χ2v) is 11.4. The summed E-state index contributed by atoms with van der Waals surface area (Å²) in [4.78, 5) is 36.3. The van der Waals surface area contributed by atoms with Crippen LogP contribution in [-0.2, 0) is 9.53 Å². The van der Waals surface area contributed by atoms with Crippen molar-refractivity contribution in [3.05, 3.63) is 20.4 Å². The lowest BCUT2D eigenvalue weighted by atomic mass is 9.92. The van der Waals surface area contributed by atoms with Crippen LogP contribution in [0.4, 0.5) is 11.4 Å². The Labute approximate surface area is 244 Å². The minimum absolute atomic E-state index is 0.404. The molecule has 0 aromatic heterocycles. The summed E-state index contributed by atoms with van der Waals surface area (Å²) in [6.07, 6.45) is 23.3. The number of nitrogens with one attached hydrogen (secondary N) is 2. The third-order valence-electron chi connectivity index (χ3n) is 8.12. The molecule has 0 aliphatic heterocycles. The van der Waals surface area contributed by atoms with Crippen molar-refractivity contribution in [3.8, 4) is 0 Å². The van der Waals surface area contributed by atoms with Gasteiger partial charge in [-0.15, -0.1) is 0 Å². The van der Waals surface area contributed by atoms with Crippen molar-refractivity contribution >= 4 is 17.7 Å². The Bertz CT molecular complexity index is 806. The summed E-state index contributed by atoms with van der Waals surface area (Å²) < 4.78 is 5.68. The van der Waals surface area contributed by atoms with Crippen molar-refractivity contribution in [2.45, 2.75) is 129 Å². The van der Waals surface area contributed by atoms with E-state index in [0.29, 0.717) is 30.9 Å². The van der Waals surface area contributed by atoms with Crippen LogP contribution >= 0.6 is 0 Å². The molecule has 0 saturated carbocycles. The van der Waals surface area contributed by atoms with Crippen LogP contribution in [0.2, 0.25) is 0 Å². The van der Waals surface area contributed by atoms with Crippen molar-refractivity contribution in [1.82, 2.24) is 4.90 Å². The van der Waals surface area contributed by atoms with Gasteiger partial charge in [0.15, 0.2) is 0 Å². The van der Waals surface area contributed by atoms with Crippen LogP contribution in [0.5, 0.6) is 0 Å². The smallest absolute Gasteiger partial charge is 0.253 e. The Balaban J connectivity index is 2.24. The van der Waals surface area contributed by atoms with E-state index in [4.69, 9.17) is 4.74 Å². The molecule has 7 heteroatoms. The highest BCUT2D eigenvalue weighted by atomic mass is 16.5. The molecule has 0 fully saturated rings. The molecular formula is C33H61N3O4. The maximum absolute atomic E-state index is 11.8. The second kappa shape index (κ2) is 25.0. The van der Waals surface area contributed by atoms with Gasteiger partial charge in [0, 0.05) is 39.8 Å². The lowest BCUT2D eigenvalue weighted by Crippen LogP contribution is -2.37. The molecule has 7 nitrogen and oxygen atoms in total. The average Bonchev–Trinajstić information content (AvgIpc) is 2.97. The molecule has 2 N–H and O–H groups in total. The number of hydrogen-bond acceptors (Lipinski definition) is 7. The Morgan fingerprint density at radius 3 is 1.95 bits per heavy atom. The molecule has 0 saturated heterocycles. The van der Waals surface area contributed by atoms with Gasteiger partial charge < -0.3 is 25.1 Å². The van der Waals surface area contributed by atoms with Crippen molar-refractivity contribution in [1.29, 1.82) is 0 Å². The number of carbonyl (C=O) groups excluding carboxylic acids is 1. The molecule has 0 heterocycles. The van der Waals surface area contributed by atoms with Gasteiger partial charge in [-0.2, -0.15) is 0 Å². The van der Waals surface area contributed by atoms with Crippen LogP contribution in [0.3, 0.4) is 0 Å². The summed E-state index contributed by atoms with van der Waals surface area (Å²) in [7, 11) is 1.67. The van der Waals surface area contributed by atoms with E-state index in [1.54, 1.807) is 7.05 Å². The number of anilines is 2. The maximum atomic E-state index is 11.8. The highest BCUT2D eigenvalue weighted by Gasteiger charge is 2.18. The lowest BCUT2D eigenvalue weighted by Gasteiger charge is -2.23. The zero-order valence-corrected chi connectivity index (χ0v) is 26.2. The minimum atomic E-state index is -0.428. The highest BCUT2D eigenvalue weighted by molar-refractivity contribution is 5.73. The van der Waals surface area contributed by atoms with Crippen LogP contribution < -0.4 is 21.5 Å². The molecule has 0 aliphatic carbocycles. The molecule has 0 radical (unpaired) electrons. The number of aldehydes is 1. The van der Waals surface area contributed by atoms with Gasteiger partial charge >= 0.3 is 0 Å². The zero-order valence-electron chi connectivity index (χ0n) is 26.2. The van der Waals surface area contributed by atoms with Crippen LogP contribution in [0, 0.1) is 5.92 Å². The molecule has 1 aromatic rings. The molecular weight excluding hydrogens is 502 g/mol. The normalized spacial score (nSPS) is 12.3. The first-order chi connectivity index (χ1) is 19.6. The molecule has 1 unspecified atom stereocenters. The van der Waals surface area contributed by atoms with Crippen molar-refractivity contribution in [2.75, 3.05) is 57.1 Å². The average molecular weight is 564 g/mol. The summed E-state index contributed by atoms with van der Waals surface area (Å²) in [5.41, 5.74) is -0.00954. The molecule has 0 bridgehead atoms. The van der Waals surface area contributed by atoms with E-state index in [0.717, 1.165) is 57.7 Å². The predicted molar refractivity (Wildman–Crippen MR) is 171 cm³/mol. The highest BCUT2D eigenvalue weighted by Crippen LogP contribution is 2.21. The second-order valence-electron chi connectivity index (χ2n) is 11.4. The van der Waals surface area contributed by atoms with Gasteiger partial charge in [-0.05, 0) is 44.7 Å². The Kier molecular flexibility index (Phi) is 22.7. The van der Waals surface area contributed by atoms with E-state index in [2.05, 4.69) is 29.4 Å². The summed E-state index contributed by atoms with van der Waals surface area (Å²) in [5, 5.41) is 5.96. The summed E-state index contributed by atoms with van der Waals surface area (Å²) in [6, 6.07) is 0. The topological polar surface area (TPSA) is 87.7 Å². The molecule has 232 valence electrons. The molecule has 0 aliphatic rings. The largest absolute Gasteiger partial charge is 0.383 e. The maximum Gasteiger partial charge on any atom is 0.253 e. The third kappa shape index (κ3) is 16.5. The molecule has 40 heavy (non-hydrogen) atoms. The first-order valence-corrected chi connectivity index (χ1v) is 16.6. The predicted octanol–water partition coefficient (Wildman–Crippen LogP) is 6.93. The zero-order chi connectivity index (χ0) is 29.3. The summed E-state index contributed by atoms with van der Waals surface area (Å²) in [5.74, 6) is 0.921. The molecule has 1 atom stereocenters. The summed E-state index contributed by atoms with van der Waals surface area (Å²) in [6.45, 7) is 9.73. The summed E-state index contributed by atoms with van der Waals surface area (Å²) >= 11 is 0. The fraction of sp³-hybridized carbons (Fsp3) is 0.848. The lowest BCUT2D eigenvalue weighted by molar-refractivity contribution is -0.108. The van der Waals surface area contributed by atoms with Gasteiger partial charge in [0.1, 0.15) is 17.7 Å². The number of ether oxygens (including phenoxy) is 1. The van der Waals surface area contributed by atoms with E-state index in [-0.39, 0.29) is 0 Å². The van der Waals surface area contributed by atoms with Crippen LogP contribution in [0.25, 0.3) is 0 Å². The Hall–Kier alpha value is -1.73. The number of carbonyl (C=O) groups is 1. The van der Waals surface area contributed by atoms with E-state index < -0.39 is 10.9 Å². The number of hydrogen-bond donors (Lipinski definition) is 2. The van der Waals surface area contributed by atoms with Crippen molar-refractivity contribution in [3.63, 3.8) is 0 Å². The van der Waals surface area contributed by atoms with Gasteiger partial charge in [0.25, 0.3) is 10.9 Å². The van der Waals surface area contributed by atoms with Gasteiger partial charge in [0.2, 0.25) is 0 Å². The first kappa shape index (κ1) is 36.3. The van der Waals surface area contributed by atoms with Crippen LogP contribution in [-0.4, -0.2) is 57.6 Å². The van der Waals surface area contributed by atoms with E-state index in [1.165, 1.54) is 89.9 Å². The number of unbranched alkanes of at least 4 members (excludes halogenated alkanes) is 10. The van der Waals surface area contributed by atoms with E-state index in [1.807, 2.05) is 0 Å². The van der Waals surface area contributed by atoms with Gasteiger partial charge in [0.05, 0.1) is 0 Å². The Morgan fingerprint density at radius 2 is 1.30 bits per heavy atom. The molecule has 1 rings (SSSR count).